The Kier molecular flexibility index (Phi) is 13.1. The fourth-order valence-corrected chi connectivity index (χ4v) is 21.8. The quantitative estimate of drug-likeness (QED) is 0.0684. The van der Waals surface area contributed by atoms with Gasteiger partial charge in [0, 0.05) is 30.7 Å². The third kappa shape index (κ3) is 9.23. The zero-order valence-electron chi connectivity index (χ0n) is 48.4. The Morgan fingerprint density at radius 1 is 0.529 bits per heavy atom. The van der Waals surface area contributed by atoms with Gasteiger partial charge >= 0.3 is 0 Å². The van der Waals surface area contributed by atoms with E-state index in [1.165, 1.54) is 91.1 Å². The van der Waals surface area contributed by atoms with Crippen molar-refractivity contribution in [3.63, 3.8) is 0 Å². The molecule has 85 heavy (non-hydrogen) atoms. The van der Waals surface area contributed by atoms with Gasteiger partial charge < -0.3 is 15.3 Å². The van der Waals surface area contributed by atoms with E-state index >= 15 is 8.42 Å². The van der Waals surface area contributed by atoms with Gasteiger partial charge in [0.25, 0.3) is 0 Å². The van der Waals surface area contributed by atoms with Gasteiger partial charge in [-0.3, -0.25) is 0 Å². The van der Waals surface area contributed by atoms with Gasteiger partial charge in [0.15, 0.2) is 4.34 Å². The zero-order chi connectivity index (χ0) is 58.9. The standard InChI is InChI=1S/C63H67N11O5S6/c1-61(2,75)49-27-68-60(81-49)85(65,79)48-32-74(56-40-19-9-14-35(40)25-36-15-10-20-41(36)56)71-54(48)53-46(80-50-28-66-58(82-50)62(3,4)76)30-72(70-53)57-42-21-11-16-37(42)26-45-43(22-23-44(45)57)52-47(84(64,78)51-29-67-59(83-51)63(5,6)77)31-73(69-52)55-38-17-7-12-33(38)24-34-13-8-18-39(34)55/h24-32,43,64-65,75-77H,7-23H2,1-6H3. The number of aryl methyl sites for hydroxylation is 5. The number of thiazole rings is 3. The average molecular weight is 1250 g/mol. The molecule has 3 unspecified atom stereocenters. The summed E-state index contributed by atoms with van der Waals surface area (Å²) in [6.07, 6.45) is 26.2. The van der Waals surface area contributed by atoms with Gasteiger partial charge in [-0.25, -0.2) is 47.0 Å². The molecular weight excluding hydrogens is 1180 g/mol. The van der Waals surface area contributed by atoms with Crippen LogP contribution in [0.2, 0.25) is 0 Å². The zero-order valence-corrected chi connectivity index (χ0v) is 53.3. The van der Waals surface area contributed by atoms with Crippen LogP contribution in [0.1, 0.15) is 173 Å². The molecule has 0 saturated heterocycles. The van der Waals surface area contributed by atoms with Crippen LogP contribution in [0.15, 0.2) is 82.8 Å². The maximum absolute atomic E-state index is 15.8. The summed E-state index contributed by atoms with van der Waals surface area (Å²) in [6, 6.07) is 7.11. The first-order valence-corrected chi connectivity index (χ1v) is 36.0. The number of aliphatic hydroxyl groups is 3. The van der Waals surface area contributed by atoms with Crippen molar-refractivity contribution >= 4 is 65.2 Å². The van der Waals surface area contributed by atoms with Crippen LogP contribution in [0.25, 0.3) is 28.5 Å². The predicted molar refractivity (Wildman–Crippen MR) is 331 cm³/mol. The summed E-state index contributed by atoms with van der Waals surface area (Å²) in [4.78, 5) is 15.5. The topological polar surface area (TPSA) is 235 Å². The molecule has 5 N–H and O–H groups in total. The molecule has 6 aliphatic carbocycles. The van der Waals surface area contributed by atoms with Crippen molar-refractivity contribution < 1.29 is 23.7 Å². The molecule has 0 fully saturated rings. The lowest BCUT2D eigenvalue weighted by atomic mass is 9.93. The molecule has 6 heterocycles. The highest BCUT2D eigenvalue weighted by Crippen LogP contribution is 2.51. The van der Waals surface area contributed by atoms with Crippen LogP contribution in [0.4, 0.5) is 0 Å². The molecule has 0 amide bonds. The Morgan fingerprint density at radius 3 is 1.55 bits per heavy atom. The Labute approximate surface area is 511 Å². The maximum Gasteiger partial charge on any atom is 0.194 e. The van der Waals surface area contributed by atoms with Crippen LogP contribution in [0, 0.1) is 9.56 Å². The number of hydrogen-bond acceptors (Lipinski definition) is 17. The lowest BCUT2D eigenvalue weighted by Crippen LogP contribution is -2.14. The largest absolute Gasteiger partial charge is 0.385 e. The highest BCUT2D eigenvalue weighted by atomic mass is 32.2. The van der Waals surface area contributed by atoms with Gasteiger partial charge in [0.1, 0.15) is 61.2 Å². The SMILES string of the molecule is CC(C)(O)c1cnc(S(=N)(=O)c2cn(-c3c4c(cc5c3CCC5)CCC4)nc2-c2nn(-c3c4c(cc5c3CCC5c3nn(-c5c6c(cc7c5CCC7)CCC6)cc3S(=N)(=O)c3cnc(C(C)(C)O)s3)CCC4)cc2Sc2cnc(C(C)(C)O)s2)s1. The van der Waals surface area contributed by atoms with Crippen LogP contribution in [0.3, 0.4) is 0 Å². The van der Waals surface area contributed by atoms with E-state index in [4.69, 9.17) is 15.3 Å². The van der Waals surface area contributed by atoms with Gasteiger partial charge in [-0.2, -0.15) is 15.3 Å². The Balaban J connectivity index is 0.934. The molecule has 22 heteroatoms. The average Bonchev–Trinajstić information content (AvgIpc) is 1.67. The predicted octanol–water partition coefficient (Wildman–Crippen LogP) is 12.6. The monoisotopic (exact) mass is 1250 g/mol. The third-order valence-corrected chi connectivity index (χ3v) is 27.9. The van der Waals surface area contributed by atoms with Crippen LogP contribution >= 0.6 is 45.8 Å². The molecule has 9 aromatic rings. The first-order chi connectivity index (χ1) is 40.5. The van der Waals surface area contributed by atoms with E-state index in [-0.39, 0.29) is 19.4 Å². The number of nitrogens with one attached hydrogen (secondary N) is 2. The molecule has 0 bridgehead atoms. The number of nitrogens with zero attached hydrogens (tertiary/aromatic N) is 9. The summed E-state index contributed by atoms with van der Waals surface area (Å²) in [5.74, 6) is -0.327. The first-order valence-electron chi connectivity index (χ1n) is 29.6. The second-order valence-corrected chi connectivity index (χ2v) is 34.4. The van der Waals surface area contributed by atoms with E-state index in [0.29, 0.717) is 54.6 Å². The van der Waals surface area contributed by atoms with Crippen molar-refractivity contribution in [2.24, 2.45) is 0 Å². The van der Waals surface area contributed by atoms with E-state index in [1.54, 1.807) is 53.9 Å². The molecular formula is C63H67N11O5S6. The van der Waals surface area contributed by atoms with Crippen LogP contribution in [-0.2, 0) is 107 Å². The highest BCUT2D eigenvalue weighted by Gasteiger charge is 2.40. The number of hydrogen-bond donors (Lipinski definition) is 5. The molecule has 0 spiro atoms. The van der Waals surface area contributed by atoms with Crippen molar-refractivity contribution in [1.29, 1.82) is 9.56 Å². The summed E-state index contributed by atoms with van der Waals surface area (Å²) in [6.45, 7) is 10.1. The maximum atomic E-state index is 15.8. The molecule has 3 aromatic carbocycles. The minimum absolute atomic E-state index is 0.0667. The summed E-state index contributed by atoms with van der Waals surface area (Å²) in [5.41, 5.74) is 15.6. The number of aromatic nitrogens is 9. The number of fused-ring (bicyclic) bond motifs is 6. The van der Waals surface area contributed by atoms with Gasteiger partial charge in [0.05, 0.1) is 59.6 Å². The molecule has 0 aliphatic heterocycles. The van der Waals surface area contributed by atoms with E-state index in [9.17, 15) is 24.9 Å². The summed E-state index contributed by atoms with van der Waals surface area (Å²) in [5, 5.41) is 50.9. The molecule has 6 aliphatic rings. The van der Waals surface area contributed by atoms with E-state index in [1.807, 2.05) is 26.4 Å². The molecule has 3 atom stereocenters. The Hall–Kier alpha value is -5.69. The fourth-order valence-electron chi connectivity index (χ4n) is 14.3. The van der Waals surface area contributed by atoms with E-state index < -0.39 is 36.3 Å². The molecule has 15 rings (SSSR count). The molecule has 0 radical (unpaired) electrons. The molecule has 16 nitrogen and oxygen atoms in total. The van der Waals surface area contributed by atoms with Crippen molar-refractivity contribution in [3.8, 4) is 28.5 Å². The molecule has 0 saturated carbocycles. The van der Waals surface area contributed by atoms with Crippen molar-refractivity contribution in [2.45, 2.75) is 201 Å². The summed E-state index contributed by atoms with van der Waals surface area (Å²) in [7, 11) is -7.63. The number of benzene rings is 3. The summed E-state index contributed by atoms with van der Waals surface area (Å²) >= 11 is 5.02. The minimum atomic E-state index is -3.91. The van der Waals surface area contributed by atoms with Crippen LogP contribution in [0.5, 0.6) is 0 Å². The van der Waals surface area contributed by atoms with Crippen molar-refractivity contribution in [3.05, 3.63) is 143 Å². The molecule has 440 valence electrons. The first kappa shape index (κ1) is 55.9. The van der Waals surface area contributed by atoms with Gasteiger partial charge in [-0.05, 0) is 217 Å². The van der Waals surface area contributed by atoms with E-state index in [2.05, 4.69) is 33.2 Å². The van der Waals surface area contributed by atoms with E-state index in [0.717, 1.165) is 151 Å². The molecule has 6 aromatic heterocycles. The van der Waals surface area contributed by atoms with Crippen LogP contribution in [-0.4, -0.2) is 68.0 Å². The van der Waals surface area contributed by atoms with Crippen LogP contribution < -0.4 is 0 Å². The Morgan fingerprint density at radius 2 is 1.02 bits per heavy atom. The lowest BCUT2D eigenvalue weighted by molar-refractivity contribution is 0.0777. The lowest BCUT2D eigenvalue weighted by Gasteiger charge is -2.18. The fraction of sp³-hybridized carbons (Fsp3) is 0.429. The normalized spacial score (nSPS) is 18.6. The van der Waals surface area contributed by atoms with Crippen molar-refractivity contribution in [1.82, 2.24) is 44.3 Å². The summed E-state index contributed by atoms with van der Waals surface area (Å²) < 4.78 is 58.4. The minimum Gasteiger partial charge on any atom is -0.385 e. The number of rotatable bonds is 14. The third-order valence-electron chi connectivity index (χ3n) is 18.2. The Bertz CT molecular complexity index is 4450. The van der Waals surface area contributed by atoms with Crippen molar-refractivity contribution in [2.75, 3.05) is 0 Å². The highest BCUT2D eigenvalue weighted by molar-refractivity contribution is 8.01. The smallest absolute Gasteiger partial charge is 0.194 e. The van der Waals surface area contributed by atoms with Gasteiger partial charge in [-0.15, -0.1) is 34.0 Å². The second kappa shape index (κ2) is 19.9. The van der Waals surface area contributed by atoms with Gasteiger partial charge in [0.2, 0.25) is 0 Å². The van der Waals surface area contributed by atoms with Gasteiger partial charge in [-0.1, -0.05) is 30.0 Å². The second-order valence-electron chi connectivity index (χ2n) is 25.5.